The van der Waals surface area contributed by atoms with E-state index >= 15 is 0 Å². The summed E-state index contributed by atoms with van der Waals surface area (Å²) >= 11 is 6.25. The molecule has 178 valence electrons. The van der Waals surface area contributed by atoms with Gasteiger partial charge in [0.2, 0.25) is 0 Å². The van der Waals surface area contributed by atoms with E-state index in [9.17, 15) is 9.18 Å². The molecule has 0 atom stereocenters. The SMILES string of the molecule is O=C(Nc1cc(Cl)cc(N2CCCC2)c1)Nc1cc(Oc2ccnc(-c3cn[nH]c3)c2)ccc1F. The van der Waals surface area contributed by atoms with E-state index < -0.39 is 11.8 Å². The molecule has 0 saturated carbocycles. The van der Waals surface area contributed by atoms with Crippen molar-refractivity contribution in [2.75, 3.05) is 28.6 Å². The van der Waals surface area contributed by atoms with Crippen molar-refractivity contribution in [2.24, 2.45) is 0 Å². The Balaban J connectivity index is 1.28. The first-order valence-electron chi connectivity index (χ1n) is 11.1. The van der Waals surface area contributed by atoms with E-state index in [4.69, 9.17) is 16.3 Å². The first-order valence-corrected chi connectivity index (χ1v) is 11.5. The number of nitrogens with zero attached hydrogens (tertiary/aromatic N) is 3. The summed E-state index contributed by atoms with van der Waals surface area (Å²) in [5.74, 6) is 0.266. The van der Waals surface area contributed by atoms with E-state index in [1.165, 1.54) is 18.2 Å². The van der Waals surface area contributed by atoms with Crippen molar-refractivity contribution < 1.29 is 13.9 Å². The molecule has 1 aliphatic heterocycles. The average Bonchev–Trinajstić information content (AvgIpc) is 3.56. The van der Waals surface area contributed by atoms with Crippen molar-refractivity contribution in [3.8, 4) is 22.8 Å². The van der Waals surface area contributed by atoms with Gasteiger partial charge in [0.15, 0.2) is 0 Å². The van der Waals surface area contributed by atoms with Gasteiger partial charge < -0.3 is 20.3 Å². The number of ether oxygens (including phenoxy) is 1. The zero-order chi connectivity index (χ0) is 24.2. The maximum Gasteiger partial charge on any atom is 0.323 e. The van der Waals surface area contributed by atoms with Crippen LogP contribution < -0.4 is 20.3 Å². The largest absolute Gasteiger partial charge is 0.457 e. The third-order valence-corrected chi connectivity index (χ3v) is 5.78. The number of amides is 2. The molecule has 0 radical (unpaired) electrons. The molecule has 2 aromatic heterocycles. The van der Waals surface area contributed by atoms with E-state index in [0.717, 1.165) is 37.2 Å². The molecule has 0 spiro atoms. The summed E-state index contributed by atoms with van der Waals surface area (Å²) in [4.78, 5) is 19.1. The molecule has 2 amide bonds. The Labute approximate surface area is 206 Å². The highest BCUT2D eigenvalue weighted by Gasteiger charge is 2.15. The van der Waals surface area contributed by atoms with Crippen LogP contribution in [-0.2, 0) is 0 Å². The molecule has 5 rings (SSSR count). The zero-order valence-corrected chi connectivity index (χ0v) is 19.3. The van der Waals surface area contributed by atoms with E-state index in [1.807, 2.05) is 12.1 Å². The maximum atomic E-state index is 14.4. The molecule has 0 bridgehead atoms. The number of aromatic nitrogens is 3. The van der Waals surface area contributed by atoms with Crippen LogP contribution in [0.2, 0.25) is 5.02 Å². The maximum absolute atomic E-state index is 14.4. The van der Waals surface area contributed by atoms with Crippen molar-refractivity contribution in [2.45, 2.75) is 12.8 Å². The Kier molecular flexibility index (Phi) is 6.49. The molecule has 2 aromatic carbocycles. The second kappa shape index (κ2) is 10.0. The highest BCUT2D eigenvalue weighted by Crippen LogP contribution is 2.30. The smallest absolute Gasteiger partial charge is 0.323 e. The van der Waals surface area contributed by atoms with Crippen LogP contribution >= 0.6 is 11.6 Å². The summed E-state index contributed by atoms with van der Waals surface area (Å²) in [7, 11) is 0. The van der Waals surface area contributed by atoms with Crippen molar-refractivity contribution in [1.82, 2.24) is 15.2 Å². The van der Waals surface area contributed by atoms with E-state index in [2.05, 4.69) is 30.7 Å². The minimum atomic E-state index is -0.596. The van der Waals surface area contributed by atoms with E-state index in [-0.39, 0.29) is 5.69 Å². The second-order valence-electron chi connectivity index (χ2n) is 8.08. The number of H-pyrrole nitrogens is 1. The Bertz CT molecular complexity index is 1340. The van der Waals surface area contributed by atoms with Gasteiger partial charge in [-0.2, -0.15) is 5.10 Å². The number of benzene rings is 2. The number of nitrogens with one attached hydrogen (secondary N) is 3. The lowest BCUT2D eigenvalue weighted by Crippen LogP contribution is -2.21. The first-order chi connectivity index (χ1) is 17.0. The summed E-state index contributed by atoms with van der Waals surface area (Å²) in [6.45, 7) is 1.90. The van der Waals surface area contributed by atoms with Crippen molar-refractivity contribution in [1.29, 1.82) is 0 Å². The van der Waals surface area contributed by atoms with Gasteiger partial charge in [0.05, 0.1) is 17.6 Å². The van der Waals surface area contributed by atoms with Crippen LogP contribution in [0.5, 0.6) is 11.5 Å². The number of halogens is 2. The normalized spacial score (nSPS) is 13.0. The predicted octanol–water partition coefficient (Wildman–Crippen LogP) is 6.30. The zero-order valence-electron chi connectivity index (χ0n) is 18.6. The van der Waals surface area contributed by atoms with Gasteiger partial charge >= 0.3 is 6.03 Å². The van der Waals surface area contributed by atoms with Crippen LogP contribution in [0.1, 0.15) is 12.8 Å². The van der Waals surface area contributed by atoms with Gasteiger partial charge in [-0.05, 0) is 49.2 Å². The number of urea groups is 1. The third kappa shape index (κ3) is 5.52. The van der Waals surface area contributed by atoms with E-state index in [1.54, 1.807) is 36.8 Å². The van der Waals surface area contributed by atoms with Gasteiger partial charge in [-0.25, -0.2) is 9.18 Å². The van der Waals surface area contributed by atoms with Crippen molar-refractivity contribution >= 4 is 34.7 Å². The third-order valence-electron chi connectivity index (χ3n) is 5.56. The summed E-state index contributed by atoms with van der Waals surface area (Å²) in [6.07, 6.45) is 7.22. The average molecular weight is 493 g/mol. The van der Waals surface area contributed by atoms with Gasteiger partial charge in [0.1, 0.15) is 17.3 Å². The molecule has 1 aliphatic rings. The lowest BCUT2D eigenvalue weighted by atomic mass is 10.2. The highest BCUT2D eigenvalue weighted by molar-refractivity contribution is 6.31. The van der Waals surface area contributed by atoms with Gasteiger partial charge in [0, 0.05) is 59.6 Å². The van der Waals surface area contributed by atoms with Gasteiger partial charge in [0.25, 0.3) is 0 Å². The number of pyridine rings is 1. The van der Waals surface area contributed by atoms with Crippen LogP contribution in [0.15, 0.2) is 67.1 Å². The molecular formula is C25H22ClFN6O2. The molecule has 4 aromatic rings. The molecule has 0 aliphatic carbocycles. The number of anilines is 3. The number of carbonyl (C=O) groups excluding carboxylic acids is 1. The lowest BCUT2D eigenvalue weighted by Gasteiger charge is -2.19. The number of rotatable bonds is 6. The lowest BCUT2D eigenvalue weighted by molar-refractivity contribution is 0.262. The number of hydrogen-bond donors (Lipinski definition) is 3. The standard InChI is InChI=1S/C25H22ClFN6O2/c26-17-9-18(11-19(10-17)33-7-1-2-8-33)31-25(34)32-24-13-20(3-4-22(24)27)35-21-5-6-28-23(12-21)16-14-29-30-15-16/h3-6,9-15H,1-2,7-8H2,(H,29,30)(H2,31,32,34). The topological polar surface area (TPSA) is 95.2 Å². The molecule has 3 N–H and O–H groups in total. The van der Waals surface area contributed by atoms with Crippen LogP contribution in [-0.4, -0.2) is 34.3 Å². The molecule has 1 fully saturated rings. The summed E-state index contributed by atoms with van der Waals surface area (Å²) < 4.78 is 20.3. The number of carbonyl (C=O) groups is 1. The summed E-state index contributed by atoms with van der Waals surface area (Å²) in [6, 6.07) is 12.3. The minimum Gasteiger partial charge on any atom is -0.457 e. The Morgan fingerprint density at radius 2 is 1.89 bits per heavy atom. The van der Waals surface area contributed by atoms with Crippen molar-refractivity contribution in [3.63, 3.8) is 0 Å². The van der Waals surface area contributed by atoms with Crippen LogP contribution in [0.3, 0.4) is 0 Å². The molecule has 1 saturated heterocycles. The van der Waals surface area contributed by atoms with Gasteiger partial charge in [-0.15, -0.1) is 0 Å². The van der Waals surface area contributed by atoms with Crippen LogP contribution in [0.4, 0.5) is 26.2 Å². The Hall–Kier alpha value is -4.11. The second-order valence-corrected chi connectivity index (χ2v) is 8.52. The minimum absolute atomic E-state index is 0.0223. The molecule has 8 nitrogen and oxygen atoms in total. The van der Waals surface area contributed by atoms with Crippen LogP contribution in [0.25, 0.3) is 11.3 Å². The fraction of sp³-hybridized carbons (Fsp3) is 0.160. The first kappa shape index (κ1) is 22.7. The fourth-order valence-electron chi connectivity index (χ4n) is 3.91. The van der Waals surface area contributed by atoms with E-state index in [0.29, 0.717) is 27.9 Å². The molecule has 3 heterocycles. The van der Waals surface area contributed by atoms with Gasteiger partial charge in [-0.1, -0.05) is 11.6 Å². The quantitative estimate of drug-likeness (QED) is 0.293. The monoisotopic (exact) mass is 492 g/mol. The number of aromatic amines is 1. The van der Waals surface area contributed by atoms with Crippen LogP contribution in [0, 0.1) is 5.82 Å². The molecular weight excluding hydrogens is 471 g/mol. The van der Waals surface area contributed by atoms with Crippen molar-refractivity contribution in [3.05, 3.63) is 78.0 Å². The summed E-state index contributed by atoms with van der Waals surface area (Å²) in [5, 5.41) is 12.4. The predicted molar refractivity (Wildman–Crippen MR) is 134 cm³/mol. The molecule has 0 unspecified atom stereocenters. The Morgan fingerprint density at radius 3 is 2.69 bits per heavy atom. The summed E-state index contributed by atoms with van der Waals surface area (Å²) in [5.41, 5.74) is 2.92. The Morgan fingerprint density at radius 1 is 1.06 bits per heavy atom. The highest BCUT2D eigenvalue weighted by atomic mass is 35.5. The molecule has 35 heavy (non-hydrogen) atoms. The molecule has 10 heteroatoms. The fourth-order valence-corrected chi connectivity index (χ4v) is 4.14. The van der Waals surface area contributed by atoms with Gasteiger partial charge in [-0.3, -0.25) is 10.1 Å². The number of hydrogen-bond acceptors (Lipinski definition) is 5.